The van der Waals surface area contributed by atoms with Crippen molar-refractivity contribution in [2.75, 3.05) is 7.05 Å². The maximum absolute atomic E-state index is 13.2. The van der Waals surface area contributed by atoms with Crippen LogP contribution >= 0.6 is 0 Å². The van der Waals surface area contributed by atoms with E-state index >= 15 is 0 Å². The van der Waals surface area contributed by atoms with Crippen LogP contribution in [0.1, 0.15) is 16.1 Å². The molecule has 0 unspecified atom stereocenters. The van der Waals surface area contributed by atoms with Crippen molar-refractivity contribution in [3.05, 3.63) is 54.0 Å². The van der Waals surface area contributed by atoms with Gasteiger partial charge in [-0.1, -0.05) is 0 Å². The first-order valence-corrected chi connectivity index (χ1v) is 5.84. The van der Waals surface area contributed by atoms with E-state index in [1.807, 2.05) is 0 Å². The van der Waals surface area contributed by atoms with Crippen molar-refractivity contribution in [1.29, 1.82) is 0 Å². The van der Waals surface area contributed by atoms with Gasteiger partial charge in [-0.25, -0.2) is 14.1 Å². The molecule has 0 saturated carbocycles. The van der Waals surface area contributed by atoms with E-state index in [9.17, 15) is 9.18 Å². The van der Waals surface area contributed by atoms with Gasteiger partial charge in [0, 0.05) is 25.2 Å². The highest BCUT2D eigenvalue weighted by molar-refractivity contribution is 6.19. The van der Waals surface area contributed by atoms with E-state index in [1.165, 1.54) is 16.8 Å². The predicted octanol–water partition coefficient (Wildman–Crippen LogP) is 1.50. The first-order valence-electron chi connectivity index (χ1n) is 5.84. The van der Waals surface area contributed by atoms with Gasteiger partial charge in [0.05, 0.1) is 0 Å². The van der Waals surface area contributed by atoms with Gasteiger partial charge in [0.25, 0.3) is 0 Å². The summed E-state index contributed by atoms with van der Waals surface area (Å²) in [5.41, 5.74) is 2.03. The molecule has 0 fully saturated rings. The van der Waals surface area contributed by atoms with E-state index in [2.05, 4.69) is 28.2 Å². The number of hydrogen-bond donors (Lipinski definition) is 0. The van der Waals surface area contributed by atoms with E-state index in [-0.39, 0.29) is 11.5 Å². The van der Waals surface area contributed by atoms with Crippen molar-refractivity contribution in [2.45, 2.75) is 0 Å². The summed E-state index contributed by atoms with van der Waals surface area (Å²) in [5, 5.41) is 4.14. The highest BCUT2D eigenvalue weighted by Crippen LogP contribution is 2.32. The Kier molecular flexibility index (Phi) is 3.56. The molecule has 20 heavy (non-hydrogen) atoms. The van der Waals surface area contributed by atoms with Crippen LogP contribution in [-0.4, -0.2) is 27.6 Å². The standard InChI is InChI=1S/C12H9FN4O.C2H4/c1-14-12-15-9-7-4-3-6(13)5-8(7)11(18)10(9)16-17(12)2;1-2/h3-5H,1-2H3;1-2H2. The van der Waals surface area contributed by atoms with E-state index in [0.29, 0.717) is 22.4 Å². The zero-order valence-electron chi connectivity index (χ0n) is 11.2. The van der Waals surface area contributed by atoms with Crippen LogP contribution in [0.25, 0.3) is 11.3 Å². The molecule has 0 N–H and O–H groups in total. The number of nitrogens with zero attached hydrogens (tertiary/aromatic N) is 4. The summed E-state index contributed by atoms with van der Waals surface area (Å²) in [5.74, 6) is -0.745. The van der Waals surface area contributed by atoms with Gasteiger partial charge in [0.2, 0.25) is 11.4 Å². The second kappa shape index (κ2) is 5.16. The van der Waals surface area contributed by atoms with E-state index in [1.54, 1.807) is 20.2 Å². The average molecular weight is 272 g/mol. The lowest BCUT2D eigenvalue weighted by Crippen LogP contribution is -2.26. The van der Waals surface area contributed by atoms with Crippen LogP contribution in [0.2, 0.25) is 0 Å². The molecular weight excluding hydrogens is 259 g/mol. The summed E-state index contributed by atoms with van der Waals surface area (Å²) < 4.78 is 14.6. The van der Waals surface area contributed by atoms with Crippen LogP contribution in [0.3, 0.4) is 0 Å². The molecule has 1 aliphatic carbocycles. The number of benzene rings is 1. The summed E-state index contributed by atoms with van der Waals surface area (Å²) in [7, 11) is 3.26. The Hall–Kier alpha value is -2.63. The van der Waals surface area contributed by atoms with Gasteiger partial charge in [-0.15, -0.1) is 13.2 Å². The molecular formula is C14H13FN4O. The Balaban J connectivity index is 0.000000704. The normalized spacial score (nSPS) is 12.6. The minimum absolute atomic E-state index is 0.241. The van der Waals surface area contributed by atoms with Crippen LogP contribution < -0.4 is 5.62 Å². The molecule has 3 rings (SSSR count). The fourth-order valence-corrected chi connectivity index (χ4v) is 2.04. The second-order valence-corrected chi connectivity index (χ2v) is 3.98. The molecule has 2 aromatic rings. The Bertz CT molecular complexity index is 764. The molecule has 102 valence electrons. The molecule has 0 bridgehead atoms. The summed E-state index contributed by atoms with van der Waals surface area (Å²) in [4.78, 5) is 20.3. The molecule has 5 nitrogen and oxygen atoms in total. The van der Waals surface area contributed by atoms with Crippen molar-refractivity contribution in [1.82, 2.24) is 14.8 Å². The summed E-state index contributed by atoms with van der Waals surface area (Å²) in [6, 6.07) is 4.06. The maximum Gasteiger partial charge on any atom is 0.241 e. The molecule has 1 heterocycles. The largest absolute Gasteiger partial charge is 0.287 e. The van der Waals surface area contributed by atoms with Gasteiger partial charge in [-0.3, -0.25) is 9.79 Å². The average Bonchev–Trinajstić information content (AvgIpc) is 2.73. The quantitative estimate of drug-likeness (QED) is 0.583. The first kappa shape index (κ1) is 13.8. The smallest absolute Gasteiger partial charge is 0.241 e. The monoisotopic (exact) mass is 272 g/mol. The third-order valence-electron chi connectivity index (χ3n) is 2.87. The number of halogens is 1. The van der Waals surface area contributed by atoms with Gasteiger partial charge < -0.3 is 0 Å². The lowest BCUT2D eigenvalue weighted by Gasteiger charge is -2.01. The number of carbonyl (C=O) groups excluding carboxylic acids is 1. The minimum atomic E-state index is -0.445. The summed E-state index contributed by atoms with van der Waals surface area (Å²) in [6.07, 6.45) is 0. The Morgan fingerprint density at radius 1 is 1.25 bits per heavy atom. The van der Waals surface area contributed by atoms with Crippen molar-refractivity contribution in [3.63, 3.8) is 0 Å². The number of fused-ring (bicyclic) bond motifs is 3. The molecule has 0 saturated heterocycles. The molecule has 1 aromatic carbocycles. The van der Waals surface area contributed by atoms with E-state index < -0.39 is 5.82 Å². The highest BCUT2D eigenvalue weighted by atomic mass is 19.1. The molecule has 0 aliphatic heterocycles. The second-order valence-electron chi connectivity index (χ2n) is 3.98. The number of aromatic nitrogens is 3. The number of aryl methyl sites for hydroxylation is 1. The molecule has 0 amide bonds. The SMILES string of the molecule is C=C.CN=c1nc2c(nn1C)C(=O)c1cc(F)ccc1-2. The third-order valence-corrected chi connectivity index (χ3v) is 2.87. The third kappa shape index (κ3) is 1.95. The predicted molar refractivity (Wildman–Crippen MR) is 72.6 cm³/mol. The molecule has 6 heteroatoms. The molecule has 0 spiro atoms. The van der Waals surface area contributed by atoms with Crippen LogP contribution in [-0.2, 0) is 7.05 Å². The zero-order valence-corrected chi connectivity index (χ0v) is 11.2. The molecule has 0 radical (unpaired) electrons. The summed E-state index contributed by atoms with van der Waals surface area (Å²) >= 11 is 0. The maximum atomic E-state index is 13.2. The number of hydrogen-bond acceptors (Lipinski definition) is 4. The fraction of sp³-hybridized carbons (Fsp3) is 0.143. The first-order chi connectivity index (χ1) is 9.61. The van der Waals surface area contributed by atoms with Gasteiger partial charge >= 0.3 is 0 Å². The highest BCUT2D eigenvalue weighted by Gasteiger charge is 2.30. The number of carbonyl (C=O) groups is 1. The molecule has 1 aromatic heterocycles. The van der Waals surface area contributed by atoms with Crippen molar-refractivity contribution in [3.8, 4) is 11.3 Å². The molecule has 1 aliphatic rings. The van der Waals surface area contributed by atoms with Crippen LogP contribution in [0.5, 0.6) is 0 Å². The number of ketones is 1. The van der Waals surface area contributed by atoms with E-state index in [0.717, 1.165) is 0 Å². The lowest BCUT2D eigenvalue weighted by molar-refractivity contribution is 0.103. The topological polar surface area (TPSA) is 60.1 Å². The van der Waals surface area contributed by atoms with Gasteiger partial charge in [0.1, 0.15) is 11.5 Å². The van der Waals surface area contributed by atoms with Crippen LogP contribution in [0.4, 0.5) is 4.39 Å². The van der Waals surface area contributed by atoms with Crippen molar-refractivity contribution < 1.29 is 9.18 Å². The van der Waals surface area contributed by atoms with E-state index in [4.69, 9.17) is 0 Å². The van der Waals surface area contributed by atoms with Crippen LogP contribution in [0, 0.1) is 5.82 Å². The number of rotatable bonds is 0. The van der Waals surface area contributed by atoms with Crippen molar-refractivity contribution >= 4 is 5.78 Å². The Labute approximate surface area is 115 Å². The van der Waals surface area contributed by atoms with Gasteiger partial charge in [-0.2, -0.15) is 5.10 Å². The molecule has 0 atom stereocenters. The fourth-order valence-electron chi connectivity index (χ4n) is 2.04. The minimum Gasteiger partial charge on any atom is -0.287 e. The van der Waals surface area contributed by atoms with Crippen LogP contribution in [0.15, 0.2) is 36.3 Å². The zero-order chi connectivity index (χ0) is 14.9. The van der Waals surface area contributed by atoms with Gasteiger partial charge in [-0.05, 0) is 18.2 Å². The lowest BCUT2D eigenvalue weighted by atomic mass is 10.1. The Morgan fingerprint density at radius 2 is 1.95 bits per heavy atom. The summed E-state index contributed by atoms with van der Waals surface area (Å²) in [6.45, 7) is 6.00. The van der Waals surface area contributed by atoms with Crippen molar-refractivity contribution in [2.24, 2.45) is 12.0 Å². The van der Waals surface area contributed by atoms with Gasteiger partial charge in [0.15, 0.2) is 5.69 Å². The Morgan fingerprint density at radius 3 is 2.60 bits per heavy atom.